The third-order valence-corrected chi connectivity index (χ3v) is 5.42. The zero-order valence-corrected chi connectivity index (χ0v) is 16.1. The third-order valence-electron chi connectivity index (χ3n) is 5.42. The maximum atomic E-state index is 12.9. The number of carbonyl (C=O) groups is 1. The first-order valence-electron chi connectivity index (χ1n) is 9.66. The third kappa shape index (κ3) is 3.75. The molecule has 3 heterocycles. The van der Waals surface area contributed by atoms with Crippen molar-refractivity contribution in [3.63, 3.8) is 0 Å². The van der Waals surface area contributed by atoms with Gasteiger partial charge in [-0.25, -0.2) is 9.97 Å². The molecule has 0 N–H and O–H groups in total. The first-order valence-corrected chi connectivity index (χ1v) is 9.66. The Bertz CT molecular complexity index is 829. The molecule has 2 aliphatic heterocycles. The number of ether oxygens (including phenoxy) is 1. The fourth-order valence-electron chi connectivity index (χ4n) is 3.95. The summed E-state index contributed by atoms with van der Waals surface area (Å²) in [5, 5.41) is 0. The van der Waals surface area contributed by atoms with Gasteiger partial charge in [0.1, 0.15) is 17.4 Å². The van der Waals surface area contributed by atoms with Gasteiger partial charge in [0.25, 0.3) is 0 Å². The van der Waals surface area contributed by atoms with Gasteiger partial charge in [-0.3, -0.25) is 4.79 Å². The molecule has 2 aliphatic rings. The van der Waals surface area contributed by atoms with Crippen molar-refractivity contribution in [2.45, 2.75) is 39.2 Å². The van der Waals surface area contributed by atoms with Crippen LogP contribution in [-0.2, 0) is 24.2 Å². The first-order chi connectivity index (χ1) is 13.1. The van der Waals surface area contributed by atoms with E-state index in [1.54, 1.807) is 7.11 Å². The second-order valence-corrected chi connectivity index (χ2v) is 7.30. The van der Waals surface area contributed by atoms with Crippen LogP contribution >= 0.6 is 0 Å². The minimum absolute atomic E-state index is 0.152. The van der Waals surface area contributed by atoms with E-state index in [2.05, 4.69) is 9.88 Å². The number of aromatic nitrogens is 2. The van der Waals surface area contributed by atoms with Gasteiger partial charge in [-0.15, -0.1) is 0 Å². The zero-order valence-electron chi connectivity index (χ0n) is 16.1. The van der Waals surface area contributed by atoms with Crippen molar-refractivity contribution in [2.24, 2.45) is 0 Å². The van der Waals surface area contributed by atoms with Gasteiger partial charge in [-0.2, -0.15) is 0 Å². The molecule has 0 spiro atoms. The summed E-state index contributed by atoms with van der Waals surface area (Å²) in [5.74, 6) is 2.82. The van der Waals surface area contributed by atoms with E-state index in [1.807, 2.05) is 36.1 Å². The van der Waals surface area contributed by atoms with Crippen LogP contribution in [0.2, 0.25) is 0 Å². The van der Waals surface area contributed by atoms with Crippen molar-refractivity contribution in [1.82, 2.24) is 14.9 Å². The number of fused-ring (bicyclic) bond motifs is 1. The van der Waals surface area contributed by atoms with Crippen molar-refractivity contribution in [2.75, 3.05) is 31.6 Å². The van der Waals surface area contributed by atoms with Crippen LogP contribution in [0.1, 0.15) is 35.5 Å². The number of amides is 1. The van der Waals surface area contributed by atoms with Crippen LogP contribution in [-0.4, -0.2) is 47.5 Å². The Morgan fingerprint density at radius 3 is 2.56 bits per heavy atom. The quantitative estimate of drug-likeness (QED) is 0.832. The van der Waals surface area contributed by atoms with Crippen molar-refractivity contribution >= 4 is 11.7 Å². The molecule has 0 aliphatic carbocycles. The van der Waals surface area contributed by atoms with Crippen molar-refractivity contribution < 1.29 is 9.53 Å². The van der Waals surface area contributed by atoms with Gasteiger partial charge >= 0.3 is 0 Å². The van der Waals surface area contributed by atoms with Crippen LogP contribution in [0.3, 0.4) is 0 Å². The van der Waals surface area contributed by atoms with Gasteiger partial charge in [0.05, 0.1) is 25.8 Å². The maximum absolute atomic E-state index is 12.9. The maximum Gasteiger partial charge on any atom is 0.227 e. The highest BCUT2D eigenvalue weighted by molar-refractivity contribution is 5.79. The fourth-order valence-corrected chi connectivity index (χ4v) is 3.95. The molecule has 4 rings (SSSR count). The van der Waals surface area contributed by atoms with Crippen LogP contribution in [0.15, 0.2) is 24.3 Å². The second-order valence-electron chi connectivity index (χ2n) is 7.30. The van der Waals surface area contributed by atoms with Gasteiger partial charge in [0.15, 0.2) is 0 Å². The molecule has 2 aromatic rings. The number of rotatable bonds is 4. The highest BCUT2D eigenvalue weighted by atomic mass is 16.5. The summed E-state index contributed by atoms with van der Waals surface area (Å²) in [6.45, 7) is 5.38. The summed E-state index contributed by atoms with van der Waals surface area (Å²) >= 11 is 0. The number of aryl methyl sites for hydroxylation is 1. The van der Waals surface area contributed by atoms with Crippen LogP contribution in [0.25, 0.3) is 0 Å². The number of benzene rings is 1. The van der Waals surface area contributed by atoms with Crippen LogP contribution in [0.5, 0.6) is 5.75 Å². The summed E-state index contributed by atoms with van der Waals surface area (Å²) in [6.07, 6.45) is 3.62. The lowest BCUT2D eigenvalue weighted by Gasteiger charge is -2.31. The Hall–Kier alpha value is -2.63. The molecule has 0 unspecified atom stereocenters. The molecule has 6 nitrogen and oxygen atoms in total. The van der Waals surface area contributed by atoms with E-state index in [4.69, 9.17) is 9.72 Å². The Labute approximate surface area is 160 Å². The van der Waals surface area contributed by atoms with E-state index in [0.29, 0.717) is 13.0 Å². The number of carbonyl (C=O) groups excluding carboxylic acids is 1. The van der Waals surface area contributed by atoms with Crippen LogP contribution in [0.4, 0.5) is 5.82 Å². The molecule has 0 saturated carbocycles. The summed E-state index contributed by atoms with van der Waals surface area (Å²) in [5.41, 5.74) is 3.25. The number of anilines is 1. The molecule has 0 radical (unpaired) electrons. The molecular formula is C21H26N4O2. The van der Waals surface area contributed by atoms with E-state index >= 15 is 0 Å². The summed E-state index contributed by atoms with van der Waals surface area (Å²) in [4.78, 5) is 26.6. The molecule has 142 valence electrons. The highest BCUT2D eigenvalue weighted by Gasteiger charge is 2.28. The molecule has 6 heteroatoms. The Morgan fingerprint density at radius 2 is 1.85 bits per heavy atom. The monoisotopic (exact) mass is 366 g/mol. The minimum atomic E-state index is 0.152. The normalized spacial score (nSPS) is 16.4. The van der Waals surface area contributed by atoms with E-state index in [-0.39, 0.29) is 5.91 Å². The number of hydrogen-bond donors (Lipinski definition) is 0. The predicted octanol–water partition coefficient (Wildman–Crippen LogP) is 2.52. The Morgan fingerprint density at radius 1 is 1.11 bits per heavy atom. The minimum Gasteiger partial charge on any atom is -0.497 e. The molecule has 1 saturated heterocycles. The molecule has 1 amide bonds. The van der Waals surface area contributed by atoms with E-state index in [9.17, 15) is 4.79 Å². The summed E-state index contributed by atoms with van der Waals surface area (Å²) in [7, 11) is 1.65. The molecule has 1 aromatic carbocycles. The zero-order chi connectivity index (χ0) is 18.8. The lowest BCUT2D eigenvalue weighted by atomic mass is 10.0. The average molecular weight is 366 g/mol. The summed E-state index contributed by atoms with van der Waals surface area (Å²) in [6, 6.07) is 7.71. The SMILES string of the molecule is COc1ccc(CC(=O)N2CCc3nc(C)nc(N4CCCC4)c3C2)cc1. The molecule has 0 bridgehead atoms. The standard InChI is InChI=1S/C21H26N4O2/c1-15-22-19-9-12-25(14-18(19)21(23-15)24-10-3-4-11-24)20(26)13-16-5-7-17(27-2)8-6-16/h5-8H,3-4,9-14H2,1-2H3. The van der Waals surface area contributed by atoms with Gasteiger partial charge in [-0.1, -0.05) is 12.1 Å². The molecule has 1 fully saturated rings. The smallest absolute Gasteiger partial charge is 0.227 e. The highest BCUT2D eigenvalue weighted by Crippen LogP contribution is 2.29. The predicted molar refractivity (Wildman–Crippen MR) is 104 cm³/mol. The van der Waals surface area contributed by atoms with Gasteiger partial charge in [0.2, 0.25) is 5.91 Å². The van der Waals surface area contributed by atoms with Crippen LogP contribution < -0.4 is 9.64 Å². The van der Waals surface area contributed by atoms with E-state index in [0.717, 1.165) is 60.3 Å². The Balaban J connectivity index is 1.52. The molecular weight excluding hydrogens is 340 g/mol. The van der Waals surface area contributed by atoms with Gasteiger partial charge in [-0.05, 0) is 37.5 Å². The number of nitrogens with zero attached hydrogens (tertiary/aromatic N) is 4. The summed E-state index contributed by atoms with van der Waals surface area (Å²) < 4.78 is 5.19. The van der Waals surface area contributed by atoms with Crippen molar-refractivity contribution in [3.05, 3.63) is 46.9 Å². The lowest BCUT2D eigenvalue weighted by Crippen LogP contribution is -2.38. The average Bonchev–Trinajstić information content (AvgIpc) is 3.22. The number of methoxy groups -OCH3 is 1. The molecule has 0 atom stereocenters. The van der Waals surface area contributed by atoms with Gasteiger partial charge < -0.3 is 14.5 Å². The second kappa shape index (κ2) is 7.55. The van der Waals surface area contributed by atoms with Crippen LogP contribution in [0, 0.1) is 6.92 Å². The van der Waals surface area contributed by atoms with E-state index < -0.39 is 0 Å². The molecule has 1 aromatic heterocycles. The largest absolute Gasteiger partial charge is 0.497 e. The van der Waals surface area contributed by atoms with Gasteiger partial charge in [0, 0.05) is 31.6 Å². The fraction of sp³-hybridized carbons (Fsp3) is 0.476. The first kappa shape index (κ1) is 17.8. The van der Waals surface area contributed by atoms with E-state index in [1.165, 1.54) is 12.8 Å². The van der Waals surface area contributed by atoms with Crippen molar-refractivity contribution in [1.29, 1.82) is 0 Å². The number of hydrogen-bond acceptors (Lipinski definition) is 5. The Kier molecular flexibility index (Phi) is 4.97. The topological polar surface area (TPSA) is 58.6 Å². The lowest BCUT2D eigenvalue weighted by molar-refractivity contribution is -0.131. The van der Waals surface area contributed by atoms with Crippen molar-refractivity contribution in [3.8, 4) is 5.75 Å². The molecule has 27 heavy (non-hydrogen) atoms.